The van der Waals surface area contributed by atoms with Crippen molar-refractivity contribution in [2.75, 3.05) is 71.8 Å². The first kappa shape index (κ1) is 26.9. The molecule has 0 amide bonds. The summed E-state index contributed by atoms with van der Waals surface area (Å²) in [4.78, 5) is 9.18. The molecule has 2 heterocycles. The van der Waals surface area contributed by atoms with Crippen molar-refractivity contribution in [3.63, 3.8) is 0 Å². The van der Waals surface area contributed by atoms with Crippen LogP contribution in [0.1, 0.15) is 16.8 Å². The smallest absolute Gasteiger partial charge is 0.298 e. The molecule has 9 nitrogen and oxygen atoms in total. The summed E-state index contributed by atoms with van der Waals surface area (Å²) in [6.07, 6.45) is 1.67. The number of morpholine rings is 1. The number of nitrogens with zero attached hydrogens (tertiary/aromatic N) is 3. The van der Waals surface area contributed by atoms with Gasteiger partial charge in [-0.05, 0) is 35.4 Å². The molecule has 0 spiro atoms. The molecular formula is C28H37N3O6. The molecule has 1 saturated heterocycles. The summed E-state index contributed by atoms with van der Waals surface area (Å²) >= 11 is 0. The Morgan fingerprint density at radius 2 is 1.65 bits per heavy atom. The zero-order valence-corrected chi connectivity index (χ0v) is 21.8. The van der Waals surface area contributed by atoms with Crippen LogP contribution in [0, 0.1) is 0 Å². The minimum Gasteiger partial charge on any atom is -0.497 e. The molecule has 0 N–H and O–H groups in total. The van der Waals surface area contributed by atoms with Crippen LogP contribution in [-0.4, -0.2) is 76.8 Å². The summed E-state index contributed by atoms with van der Waals surface area (Å²) in [6, 6.07) is 16.6. The van der Waals surface area contributed by atoms with Gasteiger partial charge in [0.2, 0.25) is 0 Å². The molecule has 1 aromatic heterocycles. The summed E-state index contributed by atoms with van der Waals surface area (Å²) in [5, 5.41) is 0. The summed E-state index contributed by atoms with van der Waals surface area (Å²) in [7, 11) is 3.33. The van der Waals surface area contributed by atoms with Gasteiger partial charge in [0.15, 0.2) is 0 Å². The number of hydrogen-bond acceptors (Lipinski definition) is 9. The maximum atomic E-state index is 5.91. The van der Waals surface area contributed by atoms with E-state index in [1.54, 1.807) is 20.5 Å². The molecule has 3 aromatic rings. The van der Waals surface area contributed by atoms with Crippen molar-refractivity contribution in [3.05, 3.63) is 71.6 Å². The third-order valence-electron chi connectivity index (χ3n) is 6.05. The number of hydrogen-bond donors (Lipinski definition) is 0. The largest absolute Gasteiger partial charge is 0.497 e. The maximum Gasteiger partial charge on any atom is 0.298 e. The van der Waals surface area contributed by atoms with E-state index in [0.717, 1.165) is 61.2 Å². The van der Waals surface area contributed by atoms with Gasteiger partial charge in [-0.3, -0.25) is 4.90 Å². The van der Waals surface area contributed by atoms with E-state index in [1.807, 2.05) is 36.4 Å². The topological polar surface area (TPSA) is 78.7 Å². The molecule has 0 bridgehead atoms. The second-order valence-electron chi connectivity index (χ2n) is 8.82. The van der Waals surface area contributed by atoms with E-state index in [9.17, 15) is 0 Å². The van der Waals surface area contributed by atoms with E-state index < -0.39 is 0 Å². The number of rotatable bonds is 15. The number of anilines is 1. The molecule has 0 unspecified atom stereocenters. The molecule has 0 atom stereocenters. The van der Waals surface area contributed by atoms with Crippen molar-refractivity contribution < 1.29 is 28.1 Å². The molecular weight excluding hydrogens is 474 g/mol. The summed E-state index contributed by atoms with van der Waals surface area (Å²) in [5.41, 5.74) is 2.94. The van der Waals surface area contributed by atoms with Crippen LogP contribution in [0.3, 0.4) is 0 Å². The van der Waals surface area contributed by atoms with Gasteiger partial charge >= 0.3 is 0 Å². The SMILES string of the molecule is COCCOc1cccc(CN(Cc2cccc(OC)c2)c2nc(COCCN3CCOCC3)co2)c1. The average molecular weight is 512 g/mol. The van der Waals surface area contributed by atoms with Gasteiger partial charge in [0.1, 0.15) is 30.1 Å². The van der Waals surface area contributed by atoms with Crippen molar-refractivity contribution >= 4 is 6.01 Å². The maximum absolute atomic E-state index is 5.91. The van der Waals surface area contributed by atoms with Crippen molar-refractivity contribution in [2.24, 2.45) is 0 Å². The van der Waals surface area contributed by atoms with Gasteiger partial charge in [-0.15, -0.1) is 0 Å². The van der Waals surface area contributed by atoms with Gasteiger partial charge in [-0.25, -0.2) is 0 Å². The summed E-state index contributed by atoms with van der Waals surface area (Å²) in [6.45, 7) is 7.66. The third kappa shape index (κ3) is 8.75. The standard InChI is InChI=1S/C28H37N3O6/c1-32-15-16-36-27-8-4-6-24(18-27)20-31(19-23-5-3-7-26(17-23)33-2)28-29-25(22-37-28)21-35-14-11-30-9-12-34-13-10-30/h3-8,17-18,22H,9-16,19-21H2,1-2H3. The van der Waals surface area contributed by atoms with Crippen molar-refractivity contribution in [3.8, 4) is 11.5 Å². The Kier molecular flexibility index (Phi) is 10.6. The quantitative estimate of drug-likeness (QED) is 0.283. The molecule has 0 radical (unpaired) electrons. The number of aromatic nitrogens is 1. The predicted molar refractivity (Wildman–Crippen MR) is 140 cm³/mol. The lowest BCUT2D eigenvalue weighted by Crippen LogP contribution is -2.38. The van der Waals surface area contributed by atoms with E-state index in [-0.39, 0.29) is 0 Å². The molecule has 200 valence electrons. The Hall–Kier alpha value is -3.11. The van der Waals surface area contributed by atoms with Gasteiger partial charge in [0.05, 0.1) is 40.1 Å². The molecule has 0 saturated carbocycles. The van der Waals surface area contributed by atoms with Crippen LogP contribution in [0.5, 0.6) is 11.5 Å². The normalized spacial score (nSPS) is 14.0. The second kappa shape index (κ2) is 14.6. The van der Waals surface area contributed by atoms with Gasteiger partial charge in [-0.2, -0.15) is 4.98 Å². The lowest BCUT2D eigenvalue weighted by Gasteiger charge is -2.26. The van der Waals surface area contributed by atoms with Crippen LogP contribution < -0.4 is 14.4 Å². The molecule has 1 fully saturated rings. The second-order valence-corrected chi connectivity index (χ2v) is 8.82. The van der Waals surface area contributed by atoms with E-state index in [2.05, 4.69) is 21.9 Å². The van der Waals surface area contributed by atoms with E-state index in [4.69, 9.17) is 33.1 Å². The van der Waals surface area contributed by atoms with Crippen molar-refractivity contribution in [1.29, 1.82) is 0 Å². The average Bonchev–Trinajstić information content (AvgIpc) is 3.41. The highest BCUT2D eigenvalue weighted by Crippen LogP contribution is 2.23. The lowest BCUT2D eigenvalue weighted by molar-refractivity contribution is 0.0177. The highest BCUT2D eigenvalue weighted by Gasteiger charge is 2.16. The number of ether oxygens (including phenoxy) is 5. The lowest BCUT2D eigenvalue weighted by atomic mass is 10.1. The Labute approximate surface area is 218 Å². The van der Waals surface area contributed by atoms with Gasteiger partial charge in [0.25, 0.3) is 6.01 Å². The van der Waals surface area contributed by atoms with Gasteiger partial charge < -0.3 is 33.0 Å². The number of oxazole rings is 1. The van der Waals surface area contributed by atoms with Crippen molar-refractivity contribution in [2.45, 2.75) is 19.7 Å². The Balaban J connectivity index is 1.41. The van der Waals surface area contributed by atoms with Crippen molar-refractivity contribution in [1.82, 2.24) is 9.88 Å². The highest BCUT2D eigenvalue weighted by molar-refractivity contribution is 5.37. The Morgan fingerprint density at radius 3 is 2.38 bits per heavy atom. The minimum atomic E-state index is 0.406. The van der Waals surface area contributed by atoms with Crippen LogP contribution in [-0.2, 0) is 33.9 Å². The minimum absolute atomic E-state index is 0.406. The summed E-state index contributed by atoms with van der Waals surface area (Å²) in [5.74, 6) is 1.62. The molecule has 1 aliphatic heterocycles. The van der Waals surface area contributed by atoms with Crippen LogP contribution in [0.25, 0.3) is 0 Å². The molecule has 1 aliphatic rings. The Bertz CT molecular complexity index is 1070. The first-order valence-corrected chi connectivity index (χ1v) is 12.6. The number of benzene rings is 2. The molecule has 37 heavy (non-hydrogen) atoms. The Morgan fingerprint density at radius 1 is 0.919 bits per heavy atom. The van der Waals surface area contributed by atoms with E-state index in [0.29, 0.717) is 45.5 Å². The van der Waals surface area contributed by atoms with Gasteiger partial charge in [-0.1, -0.05) is 24.3 Å². The van der Waals surface area contributed by atoms with E-state index >= 15 is 0 Å². The zero-order chi connectivity index (χ0) is 25.7. The predicted octanol–water partition coefficient (Wildman–Crippen LogP) is 3.76. The highest BCUT2D eigenvalue weighted by atomic mass is 16.5. The van der Waals surface area contributed by atoms with Crippen LogP contribution >= 0.6 is 0 Å². The van der Waals surface area contributed by atoms with Crippen LogP contribution in [0.4, 0.5) is 6.01 Å². The first-order valence-electron chi connectivity index (χ1n) is 12.6. The molecule has 4 rings (SSSR count). The monoisotopic (exact) mass is 511 g/mol. The fourth-order valence-electron chi connectivity index (χ4n) is 4.08. The van der Waals surface area contributed by atoms with E-state index in [1.165, 1.54) is 0 Å². The fourth-order valence-corrected chi connectivity index (χ4v) is 4.08. The molecule has 9 heteroatoms. The third-order valence-corrected chi connectivity index (χ3v) is 6.05. The fraction of sp³-hybridized carbons (Fsp3) is 0.464. The molecule has 0 aliphatic carbocycles. The van der Waals surface area contributed by atoms with Crippen LogP contribution in [0.2, 0.25) is 0 Å². The number of methoxy groups -OCH3 is 2. The molecule has 2 aromatic carbocycles. The summed E-state index contributed by atoms with van der Waals surface area (Å²) < 4.78 is 33.5. The van der Waals surface area contributed by atoms with Gasteiger partial charge in [0, 0.05) is 39.8 Å². The van der Waals surface area contributed by atoms with Crippen LogP contribution in [0.15, 0.2) is 59.2 Å². The first-order chi connectivity index (χ1) is 18.2. The zero-order valence-electron chi connectivity index (χ0n) is 21.8.